The van der Waals surface area contributed by atoms with Crippen LogP contribution in [0.2, 0.25) is 0 Å². The molecule has 0 aliphatic carbocycles. The lowest BCUT2D eigenvalue weighted by Gasteiger charge is -1.95. The average Bonchev–Trinajstić information content (AvgIpc) is 1.84. The fraction of sp³-hybridized carbons (Fsp3) is 1.00. The van der Waals surface area contributed by atoms with Gasteiger partial charge in [0.1, 0.15) is 0 Å². The Morgan fingerprint density at radius 1 is 1.67 bits per heavy atom. The first-order chi connectivity index (χ1) is 4.12. The molecule has 0 amide bonds. The highest BCUT2D eigenvalue weighted by Gasteiger charge is 2.06. The molecule has 0 aromatic carbocycles. The smallest absolute Gasteiger partial charge is 0.237 e. The van der Waals surface area contributed by atoms with E-state index in [9.17, 15) is 12.8 Å². The van der Waals surface area contributed by atoms with Crippen molar-refractivity contribution < 1.29 is 16.4 Å². The molecule has 0 unspecified atom stereocenters. The van der Waals surface area contributed by atoms with Gasteiger partial charge in [-0.3, -0.25) is 0 Å². The minimum absolute atomic E-state index is 0.125. The monoisotopic (exact) mass is 174 g/mol. The van der Waals surface area contributed by atoms with E-state index in [1.54, 1.807) is 0 Å². The van der Waals surface area contributed by atoms with Gasteiger partial charge >= 0.3 is 0 Å². The second-order valence-corrected chi connectivity index (χ2v) is 3.83. The van der Waals surface area contributed by atoms with Crippen LogP contribution in [0.25, 0.3) is 0 Å². The van der Waals surface area contributed by atoms with Gasteiger partial charge in [0.05, 0.1) is 5.75 Å². The summed E-state index contributed by atoms with van der Waals surface area (Å²) in [5, 5.41) is 0. The summed E-state index contributed by atoms with van der Waals surface area (Å²) in [4.78, 5) is 0. The number of halogens is 1. The molecule has 0 heterocycles. The van der Waals surface area contributed by atoms with Gasteiger partial charge in [0.2, 0.25) is 0 Å². The predicted octanol–water partition coefficient (Wildman–Crippen LogP) is 0.928. The molecular weight excluding hydrogens is 167 g/mol. The van der Waals surface area contributed by atoms with E-state index in [1.807, 2.05) is 0 Å². The molecule has 56 valence electrons. The summed E-state index contributed by atoms with van der Waals surface area (Å²) in [6, 6.07) is -0.848. The lowest BCUT2D eigenvalue weighted by Crippen LogP contribution is -2.02. The van der Waals surface area contributed by atoms with Crippen molar-refractivity contribution >= 4 is 22.2 Å². The van der Waals surface area contributed by atoms with E-state index in [2.05, 4.69) is 3.63 Å². The quantitative estimate of drug-likeness (QED) is 0.595. The van der Waals surface area contributed by atoms with Crippen LogP contribution in [-0.4, -0.2) is 20.2 Å². The lowest BCUT2D eigenvalue weighted by atomic mass is 11.0. The third-order valence-electron chi connectivity index (χ3n) is 0.550. The van der Waals surface area contributed by atoms with Crippen molar-refractivity contribution in [1.29, 1.82) is 0 Å². The van der Waals surface area contributed by atoms with Gasteiger partial charge in [0.15, 0.2) is 6.01 Å². The molecule has 0 aromatic rings. The van der Waals surface area contributed by atoms with E-state index in [0.29, 0.717) is 0 Å². The summed E-state index contributed by atoms with van der Waals surface area (Å²) in [7, 11) is -3.46. The fourth-order valence-electron chi connectivity index (χ4n) is 0.140. The first-order valence-corrected chi connectivity index (χ1v) is 4.71. The Kier molecular flexibility index (Phi) is 4.16. The highest BCUT2D eigenvalue weighted by Crippen LogP contribution is 2.07. The minimum Gasteiger partial charge on any atom is -0.237 e. The van der Waals surface area contributed by atoms with Crippen LogP contribution in [0.5, 0.6) is 0 Å². The summed E-state index contributed by atoms with van der Waals surface area (Å²) in [6.07, 6.45) is 0. The molecule has 0 atom stereocenters. The van der Waals surface area contributed by atoms with E-state index in [-0.39, 0.29) is 17.8 Å². The molecule has 0 saturated heterocycles. The van der Waals surface area contributed by atoms with Crippen LogP contribution in [0, 0.1) is 0 Å². The van der Waals surface area contributed by atoms with Crippen LogP contribution in [0.1, 0.15) is 6.92 Å². The van der Waals surface area contributed by atoms with Crippen LogP contribution < -0.4 is 0 Å². The van der Waals surface area contributed by atoms with Gasteiger partial charge in [-0.15, -0.1) is 0 Å². The maximum atomic E-state index is 11.2. The predicted molar refractivity (Wildman–Crippen MR) is 34.1 cm³/mol. The molecule has 0 aromatic heterocycles. The van der Waals surface area contributed by atoms with Gasteiger partial charge in [0, 0.05) is 12.0 Å². The Bertz CT molecular complexity index is 152. The van der Waals surface area contributed by atoms with Gasteiger partial charge < -0.3 is 0 Å². The Labute approximate surface area is 57.9 Å². The van der Waals surface area contributed by atoms with Crippen LogP contribution in [-0.2, 0) is 13.7 Å². The van der Waals surface area contributed by atoms with Gasteiger partial charge in [-0.25, -0.2) is 4.39 Å². The Morgan fingerprint density at radius 3 is 2.56 bits per heavy atom. The molecule has 0 N–H and O–H groups in total. The van der Waals surface area contributed by atoms with E-state index in [0.717, 1.165) is 0 Å². The van der Waals surface area contributed by atoms with E-state index >= 15 is 0 Å². The van der Waals surface area contributed by atoms with Crippen molar-refractivity contribution in [2.45, 2.75) is 6.92 Å². The number of rotatable bonds is 4. The molecular formula is C3H7FO3S2. The van der Waals surface area contributed by atoms with Crippen LogP contribution in [0.3, 0.4) is 0 Å². The van der Waals surface area contributed by atoms with E-state index < -0.39 is 16.1 Å². The minimum atomic E-state index is -3.46. The van der Waals surface area contributed by atoms with Crippen LogP contribution in [0.15, 0.2) is 0 Å². The number of hydrogen-bond acceptors (Lipinski definition) is 4. The van der Waals surface area contributed by atoms with E-state index in [1.165, 1.54) is 6.92 Å². The fourth-order valence-corrected chi connectivity index (χ4v) is 1.26. The molecule has 6 heteroatoms. The Morgan fingerprint density at radius 2 is 2.22 bits per heavy atom. The van der Waals surface area contributed by atoms with Crippen molar-refractivity contribution in [2.24, 2.45) is 0 Å². The van der Waals surface area contributed by atoms with Crippen LogP contribution >= 0.6 is 12.0 Å². The topological polar surface area (TPSA) is 43.4 Å². The molecule has 3 nitrogen and oxygen atoms in total. The van der Waals surface area contributed by atoms with Crippen molar-refractivity contribution in [3.8, 4) is 0 Å². The second-order valence-electron chi connectivity index (χ2n) is 1.14. The van der Waals surface area contributed by atoms with Gasteiger partial charge in [0.25, 0.3) is 10.1 Å². The standard InChI is InChI=1S/C3H7FO3S2/c1-2-9(5,6)7-8-3-4/h2-3H2,1H3. The van der Waals surface area contributed by atoms with Crippen molar-refractivity contribution in [3.63, 3.8) is 0 Å². The first-order valence-electron chi connectivity index (χ1n) is 2.22. The summed E-state index contributed by atoms with van der Waals surface area (Å²) >= 11 is 0.285. The normalized spacial score (nSPS) is 11.8. The highest BCUT2D eigenvalue weighted by molar-refractivity contribution is 8.04. The lowest BCUT2D eigenvalue weighted by molar-refractivity contribution is 0.510. The third-order valence-corrected chi connectivity index (χ3v) is 2.56. The van der Waals surface area contributed by atoms with Gasteiger partial charge in [-0.05, 0) is 6.92 Å². The zero-order chi connectivity index (χ0) is 7.33. The molecule has 0 radical (unpaired) electrons. The molecule has 0 rings (SSSR count). The largest absolute Gasteiger partial charge is 0.277 e. The maximum Gasteiger partial charge on any atom is 0.277 e. The van der Waals surface area contributed by atoms with Crippen molar-refractivity contribution in [3.05, 3.63) is 0 Å². The second kappa shape index (κ2) is 4.08. The third kappa shape index (κ3) is 4.68. The average molecular weight is 174 g/mol. The Balaban J connectivity index is 3.61. The highest BCUT2D eigenvalue weighted by atomic mass is 32.3. The Hall–Kier alpha value is 0.190. The zero-order valence-corrected chi connectivity index (χ0v) is 6.47. The molecule has 0 aliphatic rings. The van der Waals surface area contributed by atoms with Crippen LogP contribution in [0.4, 0.5) is 4.39 Å². The molecule has 9 heavy (non-hydrogen) atoms. The summed E-state index contributed by atoms with van der Waals surface area (Å²) < 4.78 is 36.0. The first kappa shape index (κ1) is 9.19. The van der Waals surface area contributed by atoms with Crippen molar-refractivity contribution in [1.82, 2.24) is 0 Å². The van der Waals surface area contributed by atoms with Crippen molar-refractivity contribution in [2.75, 3.05) is 11.8 Å². The number of hydrogen-bond donors (Lipinski definition) is 0. The molecule has 0 spiro atoms. The molecule has 0 saturated carbocycles. The molecule has 0 bridgehead atoms. The molecule has 0 fully saturated rings. The number of alkyl halides is 1. The SMILES string of the molecule is CCS(=O)(=O)OSCF. The summed E-state index contributed by atoms with van der Waals surface area (Å²) in [5.41, 5.74) is 0. The zero-order valence-electron chi connectivity index (χ0n) is 4.83. The van der Waals surface area contributed by atoms with Gasteiger partial charge in [-0.2, -0.15) is 12.0 Å². The maximum absolute atomic E-state index is 11.2. The summed E-state index contributed by atoms with van der Waals surface area (Å²) in [6.45, 7) is 1.42. The summed E-state index contributed by atoms with van der Waals surface area (Å²) in [5.74, 6) is -0.125. The van der Waals surface area contributed by atoms with E-state index in [4.69, 9.17) is 0 Å². The van der Waals surface area contributed by atoms with Gasteiger partial charge in [-0.1, -0.05) is 0 Å². The molecule has 0 aliphatic heterocycles.